The lowest BCUT2D eigenvalue weighted by Crippen LogP contribution is -2.03. The summed E-state index contributed by atoms with van der Waals surface area (Å²) < 4.78 is 12.2. The highest BCUT2D eigenvalue weighted by Crippen LogP contribution is 2.50. The highest BCUT2D eigenvalue weighted by atomic mass is 32.1. The van der Waals surface area contributed by atoms with Crippen molar-refractivity contribution in [3.63, 3.8) is 0 Å². The van der Waals surface area contributed by atoms with Gasteiger partial charge in [-0.05, 0) is 66.7 Å². The molecule has 0 N–H and O–H groups in total. The zero-order chi connectivity index (χ0) is 38.1. The molecule has 0 aliphatic carbocycles. The van der Waals surface area contributed by atoms with E-state index in [1.807, 2.05) is 11.3 Å². The fourth-order valence-electron chi connectivity index (χ4n) is 10.4. The second kappa shape index (κ2) is 10.8. The van der Waals surface area contributed by atoms with Crippen molar-refractivity contribution in [2.75, 3.05) is 0 Å². The number of aromatic nitrogens is 5. The van der Waals surface area contributed by atoms with Gasteiger partial charge in [-0.1, -0.05) is 97.1 Å². The maximum absolute atomic E-state index is 5.67. The van der Waals surface area contributed by atoms with Gasteiger partial charge in [-0.15, -0.1) is 22.7 Å². The molecule has 7 heterocycles. The van der Waals surface area contributed by atoms with E-state index in [4.69, 9.17) is 9.97 Å². The molecule has 0 bridgehead atoms. The molecule has 59 heavy (non-hydrogen) atoms. The normalized spacial score (nSPS) is 12.7. The number of hydrogen-bond donors (Lipinski definition) is 0. The first kappa shape index (κ1) is 30.8. The number of rotatable bonds is 3. The molecule has 8 aromatic carbocycles. The lowest BCUT2D eigenvalue weighted by atomic mass is 10.0. The number of thiophene rings is 2. The summed E-state index contributed by atoms with van der Waals surface area (Å²) in [6.07, 6.45) is 0. The second-order valence-corrected chi connectivity index (χ2v) is 17.8. The predicted octanol–water partition coefficient (Wildman–Crippen LogP) is 14.5. The lowest BCUT2D eigenvalue weighted by molar-refractivity contribution is 1.02. The van der Waals surface area contributed by atoms with E-state index in [0.717, 1.165) is 49.1 Å². The van der Waals surface area contributed by atoms with Gasteiger partial charge in [0.2, 0.25) is 5.95 Å². The predicted molar refractivity (Wildman–Crippen MR) is 250 cm³/mol. The van der Waals surface area contributed by atoms with Crippen LogP contribution in [-0.2, 0) is 0 Å². The molecule has 15 rings (SSSR count). The molecule has 272 valence electrons. The summed E-state index contributed by atoms with van der Waals surface area (Å²) in [7, 11) is 0. The topological polar surface area (TPSA) is 40.0 Å². The van der Waals surface area contributed by atoms with E-state index in [0.29, 0.717) is 5.95 Å². The van der Waals surface area contributed by atoms with Crippen LogP contribution in [0.4, 0.5) is 0 Å². The van der Waals surface area contributed by atoms with Crippen LogP contribution in [0.2, 0.25) is 0 Å². The summed E-state index contributed by atoms with van der Waals surface area (Å²) in [5, 5.41) is 11.4. The van der Waals surface area contributed by atoms with E-state index in [9.17, 15) is 0 Å². The Hall–Kier alpha value is -7.32. The van der Waals surface area contributed by atoms with Crippen molar-refractivity contribution in [1.82, 2.24) is 23.5 Å². The van der Waals surface area contributed by atoms with Gasteiger partial charge in [-0.25, -0.2) is 9.97 Å². The molecule has 0 saturated carbocycles. The summed E-state index contributed by atoms with van der Waals surface area (Å²) in [5.74, 6) is 0.680. The van der Waals surface area contributed by atoms with Gasteiger partial charge >= 0.3 is 0 Å². The van der Waals surface area contributed by atoms with E-state index < -0.39 is 0 Å². The average molecular weight is 786 g/mol. The molecule has 7 heteroatoms. The first-order valence-electron chi connectivity index (χ1n) is 19.9. The SMILES string of the molecule is c1ccc(-n2c3ccccc3c3ccc(-c4nc(-n5c6ccc7sc8ccc9c%10ccccc%10n%10c%11cccc5c%11c6c7c8c9%10)nc5c4sc4ccccc45)cc32)cc1. The van der Waals surface area contributed by atoms with Crippen molar-refractivity contribution in [3.8, 4) is 22.9 Å². The maximum atomic E-state index is 5.67. The zero-order valence-electron chi connectivity index (χ0n) is 31.1. The van der Waals surface area contributed by atoms with Crippen molar-refractivity contribution in [1.29, 1.82) is 0 Å². The number of benzene rings is 8. The third kappa shape index (κ3) is 3.76. The molecule has 0 spiro atoms. The minimum absolute atomic E-state index is 0.680. The summed E-state index contributed by atoms with van der Waals surface area (Å²) in [5.41, 5.74) is 12.4. The van der Waals surface area contributed by atoms with E-state index in [1.165, 1.54) is 79.3 Å². The molecule has 0 fully saturated rings. The molecule has 7 aromatic heterocycles. The molecule has 0 radical (unpaired) electrons. The van der Waals surface area contributed by atoms with Crippen LogP contribution in [0.3, 0.4) is 0 Å². The van der Waals surface area contributed by atoms with Crippen LogP contribution in [0.1, 0.15) is 0 Å². The van der Waals surface area contributed by atoms with E-state index >= 15 is 0 Å². The third-order valence-corrected chi connectivity index (χ3v) is 15.1. The first-order chi connectivity index (χ1) is 29.3. The van der Waals surface area contributed by atoms with Crippen LogP contribution in [0.25, 0.3) is 134 Å². The minimum atomic E-state index is 0.680. The Balaban J connectivity index is 1.10. The quantitative estimate of drug-likeness (QED) is 0.179. The van der Waals surface area contributed by atoms with Gasteiger partial charge in [0.1, 0.15) is 0 Å². The van der Waals surface area contributed by atoms with Crippen LogP contribution in [0.5, 0.6) is 0 Å². The summed E-state index contributed by atoms with van der Waals surface area (Å²) in [6, 6.07) is 59.8. The van der Waals surface area contributed by atoms with Gasteiger partial charge in [0.15, 0.2) is 0 Å². The number of fused-ring (bicyclic) bond motifs is 10. The van der Waals surface area contributed by atoms with Crippen molar-refractivity contribution in [3.05, 3.63) is 164 Å². The maximum Gasteiger partial charge on any atom is 0.235 e. The fourth-order valence-corrected chi connectivity index (χ4v) is 12.7. The average Bonchev–Trinajstić information content (AvgIpc) is 4.07. The molecule has 0 aliphatic heterocycles. The Kier molecular flexibility index (Phi) is 5.63. The monoisotopic (exact) mass is 785 g/mol. The zero-order valence-corrected chi connectivity index (χ0v) is 32.8. The van der Waals surface area contributed by atoms with Crippen molar-refractivity contribution in [2.45, 2.75) is 0 Å². The van der Waals surface area contributed by atoms with Crippen LogP contribution in [0, 0.1) is 0 Å². The van der Waals surface area contributed by atoms with E-state index in [2.05, 4.69) is 177 Å². The Morgan fingerprint density at radius 2 is 1.07 bits per heavy atom. The van der Waals surface area contributed by atoms with Gasteiger partial charge in [0.25, 0.3) is 0 Å². The van der Waals surface area contributed by atoms with Crippen LogP contribution < -0.4 is 0 Å². The molecule has 0 aliphatic rings. The smallest absolute Gasteiger partial charge is 0.235 e. The van der Waals surface area contributed by atoms with Crippen LogP contribution in [0.15, 0.2) is 164 Å². The number of para-hydroxylation sites is 3. The molecule has 5 nitrogen and oxygen atoms in total. The Morgan fingerprint density at radius 1 is 0.390 bits per heavy atom. The Bertz CT molecular complexity index is 4250. The van der Waals surface area contributed by atoms with E-state index in [-0.39, 0.29) is 0 Å². The van der Waals surface area contributed by atoms with Crippen molar-refractivity contribution >= 4 is 134 Å². The number of hydrogen-bond acceptors (Lipinski definition) is 4. The Morgan fingerprint density at radius 3 is 1.97 bits per heavy atom. The van der Waals surface area contributed by atoms with Gasteiger partial charge in [0.05, 0.1) is 54.5 Å². The lowest BCUT2D eigenvalue weighted by Gasteiger charge is -2.12. The summed E-state index contributed by atoms with van der Waals surface area (Å²) in [6.45, 7) is 0. The van der Waals surface area contributed by atoms with Crippen molar-refractivity contribution in [2.24, 2.45) is 0 Å². The van der Waals surface area contributed by atoms with Crippen LogP contribution in [-0.4, -0.2) is 23.5 Å². The summed E-state index contributed by atoms with van der Waals surface area (Å²) in [4.78, 5) is 11.2. The molecule has 15 aromatic rings. The van der Waals surface area contributed by atoms with Crippen LogP contribution >= 0.6 is 22.7 Å². The Labute approximate surface area is 342 Å². The second-order valence-electron chi connectivity index (χ2n) is 15.7. The molecular weight excluding hydrogens is 759 g/mol. The van der Waals surface area contributed by atoms with Gasteiger partial charge in [-0.3, -0.25) is 4.57 Å². The first-order valence-corrected chi connectivity index (χ1v) is 21.6. The third-order valence-electron chi connectivity index (χ3n) is 12.8. The molecule has 0 atom stereocenters. The van der Waals surface area contributed by atoms with E-state index in [1.54, 1.807) is 11.3 Å². The van der Waals surface area contributed by atoms with Gasteiger partial charge < -0.3 is 8.97 Å². The molecule has 0 saturated heterocycles. The fraction of sp³-hybridized carbons (Fsp3) is 0. The molecule has 0 amide bonds. The largest absolute Gasteiger partial charge is 0.309 e. The molecular formula is C52H27N5S2. The van der Waals surface area contributed by atoms with Gasteiger partial charge in [0, 0.05) is 73.8 Å². The standard InChI is InChI=1S/C52H27N5S2/c1-2-11-29(12-3-1)55-35-16-7-4-13-30(35)32-22-21-28(27-40(32)55)48-51-49(34-15-6-9-20-41(34)59-51)54-52(53-48)57-38-19-10-18-37-44(38)45-39(57)24-26-42-46(45)47-43(58-42)25-23-33-31-14-5-8-17-36(31)56(37)50(33)47/h1-27H. The summed E-state index contributed by atoms with van der Waals surface area (Å²) >= 11 is 3.67. The number of nitrogens with zero attached hydrogens (tertiary/aromatic N) is 5. The highest BCUT2D eigenvalue weighted by Gasteiger charge is 2.27. The highest BCUT2D eigenvalue weighted by molar-refractivity contribution is 7.26. The minimum Gasteiger partial charge on any atom is -0.309 e. The van der Waals surface area contributed by atoms with Crippen molar-refractivity contribution < 1.29 is 0 Å². The molecule has 0 unspecified atom stereocenters. The van der Waals surface area contributed by atoms with Gasteiger partial charge in [-0.2, -0.15) is 0 Å².